The molecule has 1 heterocycles. The minimum Gasteiger partial charge on any atom is -0.488 e. The molecule has 1 aromatic heterocycles. The Bertz CT molecular complexity index is 662. The summed E-state index contributed by atoms with van der Waals surface area (Å²) in [7, 11) is 0. The molecule has 104 valence electrons. The number of aromatic nitrogens is 1. The maximum atomic E-state index is 10.7. The van der Waals surface area contributed by atoms with Crippen LogP contribution in [-0.2, 0) is 6.61 Å². The largest absolute Gasteiger partial charge is 0.488 e. The van der Waals surface area contributed by atoms with Crippen molar-refractivity contribution in [2.75, 3.05) is 0 Å². The highest BCUT2D eigenvalue weighted by molar-refractivity contribution is 6.32. The van der Waals surface area contributed by atoms with Crippen LogP contribution in [0.2, 0.25) is 10.3 Å². The zero-order valence-corrected chi connectivity index (χ0v) is 12.0. The second-order valence-corrected chi connectivity index (χ2v) is 4.82. The lowest BCUT2D eigenvalue weighted by Gasteiger charge is -2.09. The van der Waals surface area contributed by atoms with Gasteiger partial charge in [-0.25, -0.2) is 4.98 Å². The molecule has 0 saturated heterocycles. The van der Waals surface area contributed by atoms with E-state index < -0.39 is 4.92 Å². The molecule has 5 nitrogen and oxygen atoms in total. The fraction of sp³-hybridized carbons (Fsp3) is 0.154. The minimum atomic E-state index is -0.469. The van der Waals surface area contributed by atoms with Crippen molar-refractivity contribution in [1.82, 2.24) is 4.98 Å². The summed E-state index contributed by atoms with van der Waals surface area (Å²) in [6.07, 6.45) is 0. The van der Waals surface area contributed by atoms with Crippen LogP contribution in [0, 0.1) is 17.0 Å². The smallest absolute Gasteiger partial charge is 0.273 e. The molecule has 0 fully saturated rings. The topological polar surface area (TPSA) is 65.3 Å². The lowest BCUT2D eigenvalue weighted by Crippen LogP contribution is -2.00. The highest BCUT2D eigenvalue weighted by atomic mass is 35.5. The minimum absolute atomic E-state index is 0.0223. The van der Waals surface area contributed by atoms with E-state index in [0.29, 0.717) is 16.5 Å². The van der Waals surface area contributed by atoms with Crippen LogP contribution in [0.15, 0.2) is 30.3 Å². The molecular formula is C13H10Cl2N2O3. The normalized spacial score (nSPS) is 10.3. The van der Waals surface area contributed by atoms with Crippen LogP contribution in [0.25, 0.3) is 0 Å². The summed E-state index contributed by atoms with van der Waals surface area (Å²) >= 11 is 11.6. The maximum absolute atomic E-state index is 10.7. The molecule has 0 aliphatic rings. The first-order valence-corrected chi connectivity index (χ1v) is 6.41. The summed E-state index contributed by atoms with van der Waals surface area (Å²) < 4.78 is 5.56. The first kappa shape index (κ1) is 14.6. The molecule has 2 aromatic rings. The first-order valence-electron chi connectivity index (χ1n) is 5.66. The van der Waals surface area contributed by atoms with E-state index >= 15 is 0 Å². The molecule has 0 bridgehead atoms. The van der Waals surface area contributed by atoms with Crippen LogP contribution in [0.5, 0.6) is 5.75 Å². The zero-order valence-electron chi connectivity index (χ0n) is 10.5. The zero-order chi connectivity index (χ0) is 14.7. The van der Waals surface area contributed by atoms with Gasteiger partial charge in [0.05, 0.1) is 11.0 Å². The number of halogens is 2. The number of nitro benzene ring substituents is 1. The number of non-ortho nitro benzene ring substituents is 1. The highest BCUT2D eigenvalue weighted by Crippen LogP contribution is 2.26. The summed E-state index contributed by atoms with van der Waals surface area (Å²) in [5, 5.41) is 11.3. The average Bonchev–Trinajstić information content (AvgIpc) is 2.39. The van der Waals surface area contributed by atoms with Crippen molar-refractivity contribution in [2.24, 2.45) is 0 Å². The Morgan fingerprint density at radius 2 is 2.05 bits per heavy atom. The number of nitro groups is 1. The van der Waals surface area contributed by atoms with Gasteiger partial charge in [-0.05, 0) is 30.7 Å². The Hall–Kier alpha value is -1.85. The second kappa shape index (κ2) is 6.07. The van der Waals surface area contributed by atoms with Crippen LogP contribution in [0.1, 0.15) is 11.1 Å². The van der Waals surface area contributed by atoms with Crippen molar-refractivity contribution in [2.45, 2.75) is 13.5 Å². The summed E-state index contributed by atoms with van der Waals surface area (Å²) in [4.78, 5) is 14.2. The fourth-order valence-electron chi connectivity index (χ4n) is 1.56. The van der Waals surface area contributed by atoms with Gasteiger partial charge in [-0.15, -0.1) is 0 Å². The standard InChI is InChI=1S/C13H10Cl2N2O3/c1-8-2-4-10(17(18)19)6-11(8)20-7-9-3-5-12(14)16-13(9)15/h2-6H,7H2,1H3. The van der Waals surface area contributed by atoms with Gasteiger partial charge < -0.3 is 4.74 Å². The van der Waals surface area contributed by atoms with Crippen molar-refractivity contribution in [3.63, 3.8) is 0 Å². The lowest BCUT2D eigenvalue weighted by atomic mass is 10.2. The second-order valence-electron chi connectivity index (χ2n) is 4.08. The van der Waals surface area contributed by atoms with Crippen LogP contribution in [0.4, 0.5) is 5.69 Å². The summed E-state index contributed by atoms with van der Waals surface area (Å²) in [6.45, 7) is 1.96. The summed E-state index contributed by atoms with van der Waals surface area (Å²) in [5.41, 5.74) is 1.43. The van der Waals surface area contributed by atoms with Crippen molar-refractivity contribution in [3.05, 3.63) is 61.9 Å². The fourth-order valence-corrected chi connectivity index (χ4v) is 1.96. The predicted molar refractivity (Wildman–Crippen MR) is 76.4 cm³/mol. The van der Waals surface area contributed by atoms with E-state index in [1.807, 2.05) is 0 Å². The van der Waals surface area contributed by atoms with Crippen LogP contribution < -0.4 is 4.74 Å². The van der Waals surface area contributed by atoms with Crippen molar-refractivity contribution in [1.29, 1.82) is 0 Å². The van der Waals surface area contributed by atoms with Crippen LogP contribution in [-0.4, -0.2) is 9.91 Å². The Labute approximate surface area is 125 Å². The molecule has 0 aliphatic heterocycles. The monoisotopic (exact) mass is 312 g/mol. The van der Waals surface area contributed by atoms with E-state index in [2.05, 4.69) is 4.98 Å². The number of ether oxygens (including phenoxy) is 1. The van der Waals surface area contributed by atoms with Gasteiger partial charge in [-0.2, -0.15) is 0 Å². The van der Waals surface area contributed by atoms with Gasteiger partial charge in [0, 0.05) is 11.6 Å². The number of rotatable bonds is 4. The Balaban J connectivity index is 2.18. The molecule has 2 rings (SSSR count). The van der Waals surface area contributed by atoms with Gasteiger partial charge in [-0.1, -0.05) is 23.2 Å². The Morgan fingerprint density at radius 1 is 1.30 bits per heavy atom. The molecule has 0 unspecified atom stereocenters. The quantitative estimate of drug-likeness (QED) is 0.482. The number of hydrogen-bond acceptors (Lipinski definition) is 4. The molecule has 0 atom stereocenters. The third kappa shape index (κ3) is 3.37. The third-order valence-electron chi connectivity index (χ3n) is 2.66. The Morgan fingerprint density at radius 3 is 2.70 bits per heavy atom. The first-order chi connectivity index (χ1) is 9.47. The summed E-state index contributed by atoms with van der Waals surface area (Å²) in [5.74, 6) is 0.435. The van der Waals surface area contributed by atoms with E-state index in [-0.39, 0.29) is 17.4 Å². The molecule has 0 aliphatic carbocycles. The predicted octanol–water partition coefficient (Wildman–Crippen LogP) is 4.18. The maximum Gasteiger partial charge on any atom is 0.273 e. The van der Waals surface area contributed by atoms with E-state index in [1.165, 1.54) is 12.1 Å². The van der Waals surface area contributed by atoms with E-state index in [9.17, 15) is 10.1 Å². The van der Waals surface area contributed by atoms with Crippen LogP contribution >= 0.6 is 23.2 Å². The lowest BCUT2D eigenvalue weighted by molar-refractivity contribution is -0.385. The van der Waals surface area contributed by atoms with Crippen molar-refractivity contribution < 1.29 is 9.66 Å². The Kier molecular flexibility index (Phi) is 4.42. The molecule has 0 radical (unpaired) electrons. The molecule has 20 heavy (non-hydrogen) atoms. The van der Waals surface area contributed by atoms with Crippen molar-refractivity contribution >= 4 is 28.9 Å². The molecule has 7 heteroatoms. The molecule has 0 spiro atoms. The number of aryl methyl sites for hydroxylation is 1. The van der Waals surface area contributed by atoms with Gasteiger partial charge in [0.25, 0.3) is 5.69 Å². The number of nitrogens with zero attached hydrogens (tertiary/aromatic N) is 2. The van der Waals surface area contributed by atoms with E-state index in [4.69, 9.17) is 27.9 Å². The molecule has 0 amide bonds. The van der Waals surface area contributed by atoms with Gasteiger partial charge in [0.1, 0.15) is 22.7 Å². The highest BCUT2D eigenvalue weighted by Gasteiger charge is 2.11. The molecule has 0 saturated carbocycles. The SMILES string of the molecule is Cc1ccc([N+](=O)[O-])cc1OCc1ccc(Cl)nc1Cl. The van der Waals surface area contributed by atoms with E-state index in [1.54, 1.807) is 25.1 Å². The van der Waals surface area contributed by atoms with Gasteiger partial charge >= 0.3 is 0 Å². The molecule has 1 aromatic carbocycles. The van der Waals surface area contributed by atoms with Crippen LogP contribution in [0.3, 0.4) is 0 Å². The molecule has 0 N–H and O–H groups in total. The average molecular weight is 313 g/mol. The van der Waals surface area contributed by atoms with Gasteiger partial charge in [-0.3, -0.25) is 10.1 Å². The van der Waals surface area contributed by atoms with E-state index in [0.717, 1.165) is 5.56 Å². The number of benzene rings is 1. The number of hydrogen-bond donors (Lipinski definition) is 0. The van der Waals surface area contributed by atoms with Gasteiger partial charge in [0.2, 0.25) is 0 Å². The van der Waals surface area contributed by atoms with Gasteiger partial charge in [0.15, 0.2) is 0 Å². The van der Waals surface area contributed by atoms with Crippen molar-refractivity contribution in [3.8, 4) is 5.75 Å². The summed E-state index contributed by atoms with van der Waals surface area (Å²) in [6, 6.07) is 7.75. The third-order valence-corrected chi connectivity index (χ3v) is 3.20. The molecular weight excluding hydrogens is 303 g/mol. The number of pyridine rings is 1.